The molecule has 94 valence electrons. The summed E-state index contributed by atoms with van der Waals surface area (Å²) in [4.78, 5) is 2.26. The molecule has 1 fully saturated rings. The molecule has 1 saturated heterocycles. The highest BCUT2D eigenvalue weighted by molar-refractivity contribution is 5.55. The van der Waals surface area contributed by atoms with Crippen molar-refractivity contribution >= 4 is 5.69 Å². The Morgan fingerprint density at radius 3 is 2.94 bits per heavy atom. The van der Waals surface area contributed by atoms with E-state index in [-0.39, 0.29) is 12.1 Å². The Balaban J connectivity index is 2.24. The van der Waals surface area contributed by atoms with Gasteiger partial charge in [-0.2, -0.15) is 0 Å². The van der Waals surface area contributed by atoms with E-state index in [1.165, 1.54) is 11.3 Å². The summed E-state index contributed by atoms with van der Waals surface area (Å²) in [5, 5.41) is 9.75. The summed E-state index contributed by atoms with van der Waals surface area (Å²) in [7, 11) is 0. The summed E-state index contributed by atoms with van der Waals surface area (Å²) >= 11 is 0. The molecular weight excluding hydrogens is 212 g/mol. The molecule has 1 aliphatic rings. The van der Waals surface area contributed by atoms with Gasteiger partial charge in [0.1, 0.15) is 0 Å². The van der Waals surface area contributed by atoms with E-state index in [1.54, 1.807) is 0 Å². The highest BCUT2D eigenvalue weighted by Crippen LogP contribution is 2.28. The van der Waals surface area contributed by atoms with Gasteiger partial charge in [0.05, 0.1) is 6.10 Å². The molecule has 2 rings (SSSR count). The average molecular weight is 234 g/mol. The zero-order chi connectivity index (χ0) is 12.3. The number of para-hydroxylation sites is 1. The van der Waals surface area contributed by atoms with E-state index in [9.17, 15) is 5.11 Å². The molecule has 1 unspecified atom stereocenters. The zero-order valence-corrected chi connectivity index (χ0v) is 10.5. The topological polar surface area (TPSA) is 49.5 Å². The second-order valence-electron chi connectivity index (χ2n) is 4.82. The Morgan fingerprint density at radius 1 is 1.47 bits per heavy atom. The van der Waals surface area contributed by atoms with Gasteiger partial charge in [0.15, 0.2) is 0 Å². The van der Waals surface area contributed by atoms with Crippen LogP contribution in [0.25, 0.3) is 0 Å². The fraction of sp³-hybridized carbons (Fsp3) is 0.571. The van der Waals surface area contributed by atoms with Crippen molar-refractivity contribution in [3.63, 3.8) is 0 Å². The van der Waals surface area contributed by atoms with Crippen LogP contribution in [0, 0.1) is 0 Å². The molecule has 1 heterocycles. The van der Waals surface area contributed by atoms with E-state index < -0.39 is 0 Å². The van der Waals surface area contributed by atoms with Crippen molar-refractivity contribution in [1.29, 1.82) is 0 Å². The number of aliphatic hydroxyl groups excluding tert-OH is 1. The first kappa shape index (κ1) is 12.4. The first-order valence-electron chi connectivity index (χ1n) is 6.50. The van der Waals surface area contributed by atoms with Gasteiger partial charge in [-0.05, 0) is 30.9 Å². The Kier molecular flexibility index (Phi) is 4.02. The van der Waals surface area contributed by atoms with Crippen LogP contribution in [-0.2, 0) is 0 Å². The lowest BCUT2D eigenvalue weighted by atomic mass is 10.00. The van der Waals surface area contributed by atoms with Crippen molar-refractivity contribution in [2.45, 2.75) is 38.3 Å². The SMILES string of the molecule is CC[C@@H](N)c1ccccc1N1CCCC(O)C1. The third-order valence-corrected chi connectivity index (χ3v) is 3.51. The predicted octanol–water partition coefficient (Wildman–Crippen LogP) is 2.06. The summed E-state index contributed by atoms with van der Waals surface area (Å²) in [5.74, 6) is 0. The summed E-state index contributed by atoms with van der Waals surface area (Å²) in [5.41, 5.74) is 8.54. The van der Waals surface area contributed by atoms with Gasteiger partial charge in [0.2, 0.25) is 0 Å². The van der Waals surface area contributed by atoms with Crippen molar-refractivity contribution in [3.05, 3.63) is 29.8 Å². The minimum atomic E-state index is -0.199. The summed E-state index contributed by atoms with van der Waals surface area (Å²) < 4.78 is 0. The van der Waals surface area contributed by atoms with Gasteiger partial charge < -0.3 is 15.7 Å². The number of piperidine rings is 1. The fourth-order valence-electron chi connectivity index (χ4n) is 2.48. The van der Waals surface area contributed by atoms with E-state index in [0.717, 1.165) is 32.4 Å². The van der Waals surface area contributed by atoms with Crippen LogP contribution in [0.15, 0.2) is 24.3 Å². The Bertz CT molecular complexity index is 367. The molecule has 3 nitrogen and oxygen atoms in total. The van der Waals surface area contributed by atoms with Crippen LogP contribution in [0.5, 0.6) is 0 Å². The van der Waals surface area contributed by atoms with Gasteiger partial charge in [0.25, 0.3) is 0 Å². The maximum absolute atomic E-state index is 9.75. The van der Waals surface area contributed by atoms with E-state index >= 15 is 0 Å². The monoisotopic (exact) mass is 234 g/mol. The number of nitrogens with zero attached hydrogens (tertiary/aromatic N) is 1. The molecule has 0 saturated carbocycles. The standard InChI is InChI=1S/C14H22N2O/c1-2-13(15)12-7-3-4-8-14(12)16-9-5-6-11(17)10-16/h3-4,7-8,11,13,17H,2,5-6,9-10,15H2,1H3/t11?,13-/m1/s1. The van der Waals surface area contributed by atoms with E-state index in [1.807, 2.05) is 12.1 Å². The molecule has 0 amide bonds. The van der Waals surface area contributed by atoms with Crippen molar-refractivity contribution in [2.75, 3.05) is 18.0 Å². The minimum Gasteiger partial charge on any atom is -0.391 e. The first-order chi connectivity index (χ1) is 8.22. The van der Waals surface area contributed by atoms with Crippen LogP contribution in [0.2, 0.25) is 0 Å². The third kappa shape index (κ3) is 2.79. The van der Waals surface area contributed by atoms with Crippen LogP contribution in [0.3, 0.4) is 0 Å². The minimum absolute atomic E-state index is 0.0882. The molecule has 3 N–H and O–H groups in total. The van der Waals surface area contributed by atoms with Gasteiger partial charge in [-0.15, -0.1) is 0 Å². The number of hydrogen-bond donors (Lipinski definition) is 2. The maximum Gasteiger partial charge on any atom is 0.0715 e. The van der Waals surface area contributed by atoms with Crippen molar-refractivity contribution in [2.24, 2.45) is 5.73 Å². The van der Waals surface area contributed by atoms with Crippen LogP contribution in [0.1, 0.15) is 37.8 Å². The largest absolute Gasteiger partial charge is 0.391 e. The molecule has 1 aromatic carbocycles. The quantitative estimate of drug-likeness (QED) is 0.841. The maximum atomic E-state index is 9.75. The number of rotatable bonds is 3. The molecule has 0 aliphatic carbocycles. The Morgan fingerprint density at radius 2 is 2.24 bits per heavy atom. The number of anilines is 1. The smallest absolute Gasteiger partial charge is 0.0715 e. The molecule has 1 aliphatic heterocycles. The summed E-state index contributed by atoms with van der Waals surface area (Å²) in [6, 6.07) is 8.38. The summed E-state index contributed by atoms with van der Waals surface area (Å²) in [6.07, 6.45) is 2.71. The molecule has 2 atom stereocenters. The molecule has 0 aromatic heterocycles. The van der Waals surface area contributed by atoms with Crippen LogP contribution in [0.4, 0.5) is 5.69 Å². The van der Waals surface area contributed by atoms with Crippen LogP contribution < -0.4 is 10.6 Å². The second-order valence-corrected chi connectivity index (χ2v) is 4.82. The van der Waals surface area contributed by atoms with Gasteiger partial charge in [-0.1, -0.05) is 25.1 Å². The average Bonchev–Trinajstić information content (AvgIpc) is 2.38. The Labute approximate surface area is 103 Å². The predicted molar refractivity (Wildman–Crippen MR) is 71.1 cm³/mol. The molecule has 0 radical (unpaired) electrons. The number of β-amino-alcohol motifs (C(OH)–C–C–N with tert-alkyl or cyclic N) is 1. The highest BCUT2D eigenvalue weighted by atomic mass is 16.3. The van der Waals surface area contributed by atoms with E-state index in [0.29, 0.717) is 0 Å². The lowest BCUT2D eigenvalue weighted by molar-refractivity contribution is 0.154. The molecular formula is C14H22N2O. The molecule has 3 heteroatoms. The third-order valence-electron chi connectivity index (χ3n) is 3.51. The van der Waals surface area contributed by atoms with Crippen molar-refractivity contribution < 1.29 is 5.11 Å². The van der Waals surface area contributed by atoms with E-state index in [2.05, 4.69) is 24.0 Å². The number of hydrogen-bond acceptors (Lipinski definition) is 3. The van der Waals surface area contributed by atoms with Gasteiger partial charge >= 0.3 is 0 Å². The molecule has 17 heavy (non-hydrogen) atoms. The second kappa shape index (κ2) is 5.52. The lowest BCUT2D eigenvalue weighted by Crippen LogP contribution is -2.39. The normalized spacial score (nSPS) is 22.5. The first-order valence-corrected chi connectivity index (χ1v) is 6.50. The van der Waals surface area contributed by atoms with Gasteiger partial charge in [0, 0.05) is 24.8 Å². The van der Waals surface area contributed by atoms with Crippen molar-refractivity contribution in [1.82, 2.24) is 0 Å². The van der Waals surface area contributed by atoms with E-state index in [4.69, 9.17) is 5.73 Å². The molecule has 1 aromatic rings. The molecule has 0 spiro atoms. The lowest BCUT2D eigenvalue weighted by Gasteiger charge is -2.34. The van der Waals surface area contributed by atoms with Crippen molar-refractivity contribution in [3.8, 4) is 0 Å². The summed E-state index contributed by atoms with van der Waals surface area (Å²) in [6.45, 7) is 3.85. The highest BCUT2D eigenvalue weighted by Gasteiger charge is 2.21. The zero-order valence-electron chi connectivity index (χ0n) is 10.5. The van der Waals surface area contributed by atoms with Gasteiger partial charge in [-0.3, -0.25) is 0 Å². The number of nitrogens with two attached hydrogens (primary N) is 1. The van der Waals surface area contributed by atoms with Gasteiger partial charge in [-0.25, -0.2) is 0 Å². The number of aliphatic hydroxyl groups is 1. The fourth-order valence-corrected chi connectivity index (χ4v) is 2.48. The van der Waals surface area contributed by atoms with Crippen LogP contribution >= 0.6 is 0 Å². The number of benzene rings is 1. The van der Waals surface area contributed by atoms with Crippen LogP contribution in [-0.4, -0.2) is 24.3 Å². The molecule has 0 bridgehead atoms. The Hall–Kier alpha value is -1.06.